The summed E-state index contributed by atoms with van der Waals surface area (Å²) in [5.41, 5.74) is 1.17. The molecule has 19 heavy (non-hydrogen) atoms. The number of nitrogens with one attached hydrogen (secondary N) is 1. The molecule has 1 atom stereocenters. The van der Waals surface area contributed by atoms with Gasteiger partial charge in [-0.05, 0) is 50.9 Å². The molecule has 1 aliphatic heterocycles. The zero-order valence-corrected chi connectivity index (χ0v) is 12.2. The van der Waals surface area contributed by atoms with Crippen molar-refractivity contribution in [3.05, 3.63) is 24.3 Å². The van der Waals surface area contributed by atoms with Crippen LogP contribution < -0.4 is 10.1 Å². The minimum atomic E-state index is 0.763. The zero-order valence-electron chi connectivity index (χ0n) is 12.2. The van der Waals surface area contributed by atoms with E-state index in [1.165, 1.54) is 31.6 Å². The van der Waals surface area contributed by atoms with E-state index in [0.29, 0.717) is 0 Å². The fourth-order valence-electron chi connectivity index (χ4n) is 2.62. The third-order valence-electron chi connectivity index (χ3n) is 3.62. The van der Waals surface area contributed by atoms with E-state index < -0.39 is 0 Å². The van der Waals surface area contributed by atoms with Crippen LogP contribution in [-0.2, 0) is 0 Å². The number of hydrogen-bond acceptors (Lipinski definition) is 3. The van der Waals surface area contributed by atoms with Gasteiger partial charge in [0.2, 0.25) is 0 Å². The van der Waals surface area contributed by atoms with E-state index in [0.717, 1.165) is 31.2 Å². The Bertz CT molecular complexity index is 381. The minimum absolute atomic E-state index is 0.763. The Balaban J connectivity index is 1.81. The van der Waals surface area contributed by atoms with Gasteiger partial charge >= 0.3 is 0 Å². The lowest BCUT2D eigenvalue weighted by molar-refractivity contribution is 0.217. The Morgan fingerprint density at radius 3 is 3.11 bits per heavy atom. The molecule has 106 valence electrons. The van der Waals surface area contributed by atoms with E-state index >= 15 is 0 Å². The maximum Gasteiger partial charge on any atom is 0.121 e. The standard InChI is InChI=1S/C16H26N2O/c1-3-10-19-16-8-4-7-15(11-16)17-12-14-6-5-9-18(2)13-14/h4,7-8,11,14,17H,3,5-6,9-10,12-13H2,1-2H3. The normalized spacial score (nSPS) is 20.2. The van der Waals surface area contributed by atoms with Crippen molar-refractivity contribution in [3.8, 4) is 5.75 Å². The van der Waals surface area contributed by atoms with Crippen molar-refractivity contribution in [3.63, 3.8) is 0 Å². The van der Waals surface area contributed by atoms with Crippen LogP contribution in [0.3, 0.4) is 0 Å². The smallest absolute Gasteiger partial charge is 0.121 e. The quantitative estimate of drug-likeness (QED) is 0.852. The Kier molecular flexibility index (Phi) is 5.52. The number of anilines is 1. The van der Waals surface area contributed by atoms with Gasteiger partial charge in [-0.1, -0.05) is 13.0 Å². The largest absolute Gasteiger partial charge is 0.494 e. The van der Waals surface area contributed by atoms with Gasteiger partial charge in [0.15, 0.2) is 0 Å². The first-order valence-electron chi connectivity index (χ1n) is 7.43. The van der Waals surface area contributed by atoms with Gasteiger partial charge in [0.05, 0.1) is 6.61 Å². The average molecular weight is 262 g/mol. The molecule has 1 N–H and O–H groups in total. The summed E-state index contributed by atoms with van der Waals surface area (Å²) >= 11 is 0. The highest BCUT2D eigenvalue weighted by molar-refractivity contribution is 5.48. The molecule has 1 aromatic carbocycles. The monoisotopic (exact) mass is 262 g/mol. The van der Waals surface area contributed by atoms with Crippen molar-refractivity contribution in [2.75, 3.05) is 38.6 Å². The molecule has 0 saturated carbocycles. The number of nitrogens with zero attached hydrogens (tertiary/aromatic N) is 1. The molecule has 1 fully saturated rings. The first kappa shape index (κ1) is 14.2. The van der Waals surface area contributed by atoms with Crippen molar-refractivity contribution < 1.29 is 4.74 Å². The summed E-state index contributed by atoms with van der Waals surface area (Å²) in [7, 11) is 2.21. The van der Waals surface area contributed by atoms with Crippen LogP contribution in [0.25, 0.3) is 0 Å². The summed E-state index contributed by atoms with van der Waals surface area (Å²) in [5.74, 6) is 1.73. The van der Waals surface area contributed by atoms with E-state index in [-0.39, 0.29) is 0 Å². The molecule has 1 saturated heterocycles. The highest BCUT2D eigenvalue weighted by Gasteiger charge is 2.16. The number of ether oxygens (including phenoxy) is 1. The average Bonchev–Trinajstić information content (AvgIpc) is 2.43. The predicted molar refractivity (Wildman–Crippen MR) is 80.9 cm³/mol. The third kappa shape index (κ3) is 4.75. The second-order valence-electron chi connectivity index (χ2n) is 5.53. The lowest BCUT2D eigenvalue weighted by Gasteiger charge is -2.30. The van der Waals surface area contributed by atoms with Crippen LogP contribution in [0.1, 0.15) is 26.2 Å². The molecular weight excluding hydrogens is 236 g/mol. The molecule has 0 aliphatic carbocycles. The van der Waals surface area contributed by atoms with Crippen LogP contribution >= 0.6 is 0 Å². The SMILES string of the molecule is CCCOc1cccc(NCC2CCCN(C)C2)c1. The topological polar surface area (TPSA) is 24.5 Å². The highest BCUT2D eigenvalue weighted by atomic mass is 16.5. The van der Waals surface area contributed by atoms with Gasteiger partial charge in [-0.2, -0.15) is 0 Å². The van der Waals surface area contributed by atoms with Crippen molar-refractivity contribution in [2.24, 2.45) is 5.92 Å². The molecule has 0 amide bonds. The summed E-state index contributed by atoms with van der Waals surface area (Å²) in [6, 6.07) is 8.29. The molecule has 1 aliphatic rings. The van der Waals surface area contributed by atoms with Crippen LogP contribution in [0.15, 0.2) is 24.3 Å². The molecule has 0 spiro atoms. The van der Waals surface area contributed by atoms with E-state index in [1.807, 2.05) is 6.07 Å². The van der Waals surface area contributed by atoms with Gasteiger partial charge in [0.25, 0.3) is 0 Å². The van der Waals surface area contributed by atoms with Crippen LogP contribution in [-0.4, -0.2) is 38.2 Å². The second kappa shape index (κ2) is 7.39. The first-order valence-corrected chi connectivity index (χ1v) is 7.43. The summed E-state index contributed by atoms with van der Waals surface area (Å²) in [4.78, 5) is 2.43. The van der Waals surface area contributed by atoms with Crippen LogP contribution in [0.2, 0.25) is 0 Å². The third-order valence-corrected chi connectivity index (χ3v) is 3.62. The molecule has 3 nitrogen and oxygen atoms in total. The maximum absolute atomic E-state index is 5.66. The number of benzene rings is 1. The van der Waals surface area contributed by atoms with Crippen LogP contribution in [0.5, 0.6) is 5.75 Å². The van der Waals surface area contributed by atoms with Crippen molar-refractivity contribution in [1.29, 1.82) is 0 Å². The van der Waals surface area contributed by atoms with Crippen molar-refractivity contribution in [2.45, 2.75) is 26.2 Å². The minimum Gasteiger partial charge on any atom is -0.494 e. The summed E-state index contributed by atoms with van der Waals surface area (Å²) in [5, 5.41) is 3.55. The molecule has 2 rings (SSSR count). The Morgan fingerprint density at radius 1 is 1.42 bits per heavy atom. The highest BCUT2D eigenvalue weighted by Crippen LogP contribution is 2.20. The molecule has 1 aromatic rings. The molecule has 0 aromatic heterocycles. The lowest BCUT2D eigenvalue weighted by Crippen LogP contribution is -2.35. The Labute approximate surface area is 116 Å². The van der Waals surface area contributed by atoms with Gasteiger partial charge in [0, 0.05) is 24.8 Å². The molecular formula is C16H26N2O. The zero-order chi connectivity index (χ0) is 13.5. The molecule has 1 unspecified atom stereocenters. The summed E-state index contributed by atoms with van der Waals surface area (Å²) in [6.07, 6.45) is 3.71. The number of likely N-dealkylation sites (tertiary alicyclic amines) is 1. The summed E-state index contributed by atoms with van der Waals surface area (Å²) < 4.78 is 5.66. The fraction of sp³-hybridized carbons (Fsp3) is 0.625. The van der Waals surface area contributed by atoms with E-state index in [9.17, 15) is 0 Å². The molecule has 3 heteroatoms. The predicted octanol–water partition coefficient (Wildman–Crippen LogP) is 3.23. The van der Waals surface area contributed by atoms with Gasteiger partial charge < -0.3 is 15.0 Å². The second-order valence-corrected chi connectivity index (χ2v) is 5.53. The Hall–Kier alpha value is -1.22. The lowest BCUT2D eigenvalue weighted by atomic mass is 9.98. The maximum atomic E-state index is 5.66. The van der Waals surface area contributed by atoms with E-state index in [4.69, 9.17) is 4.74 Å². The van der Waals surface area contributed by atoms with Crippen molar-refractivity contribution >= 4 is 5.69 Å². The number of hydrogen-bond donors (Lipinski definition) is 1. The van der Waals surface area contributed by atoms with Gasteiger partial charge in [-0.3, -0.25) is 0 Å². The first-order chi connectivity index (χ1) is 9.28. The van der Waals surface area contributed by atoms with Crippen LogP contribution in [0, 0.1) is 5.92 Å². The van der Waals surface area contributed by atoms with Gasteiger partial charge in [0.1, 0.15) is 5.75 Å². The van der Waals surface area contributed by atoms with Crippen LogP contribution in [0.4, 0.5) is 5.69 Å². The summed E-state index contributed by atoms with van der Waals surface area (Å²) in [6.45, 7) is 6.43. The van der Waals surface area contributed by atoms with Gasteiger partial charge in [-0.15, -0.1) is 0 Å². The molecule has 0 bridgehead atoms. The van der Waals surface area contributed by atoms with E-state index in [1.54, 1.807) is 0 Å². The fourth-order valence-corrected chi connectivity index (χ4v) is 2.62. The van der Waals surface area contributed by atoms with Crippen molar-refractivity contribution in [1.82, 2.24) is 4.90 Å². The van der Waals surface area contributed by atoms with E-state index in [2.05, 4.69) is 42.4 Å². The number of piperidine rings is 1. The molecule has 1 heterocycles. The molecule has 0 radical (unpaired) electrons. The number of rotatable bonds is 6. The van der Waals surface area contributed by atoms with Gasteiger partial charge in [-0.25, -0.2) is 0 Å². The Morgan fingerprint density at radius 2 is 2.32 bits per heavy atom.